The summed E-state index contributed by atoms with van der Waals surface area (Å²) in [5.41, 5.74) is 1.97. The number of carbonyl (C=O) groups is 1. The normalized spacial score (nSPS) is 10.1. The fraction of sp³-hybridized carbons (Fsp3) is 0. The molecule has 0 saturated carbocycles. The second-order valence-corrected chi connectivity index (χ2v) is 4.36. The van der Waals surface area contributed by atoms with Crippen molar-refractivity contribution in [3.05, 3.63) is 72.8 Å². The van der Waals surface area contributed by atoms with E-state index >= 15 is 0 Å². The second kappa shape index (κ2) is 5.92. The predicted octanol–water partition coefficient (Wildman–Crippen LogP) is 2.79. The molecule has 3 aromatic rings. The van der Waals surface area contributed by atoms with Crippen LogP contribution in [0.2, 0.25) is 0 Å². The molecule has 1 amide bonds. The van der Waals surface area contributed by atoms with Crippen LogP contribution in [-0.4, -0.2) is 20.9 Å². The number of nitrogens with zero attached hydrogens (tertiary/aromatic N) is 3. The third-order valence-corrected chi connectivity index (χ3v) is 2.87. The second-order valence-electron chi connectivity index (χ2n) is 4.36. The minimum absolute atomic E-state index is 0.237. The van der Waals surface area contributed by atoms with Crippen LogP contribution in [0.25, 0.3) is 11.4 Å². The smallest absolute Gasteiger partial charge is 0.257 e. The quantitative estimate of drug-likeness (QED) is 0.798. The number of hydrogen-bond acceptors (Lipinski definition) is 4. The van der Waals surface area contributed by atoms with Gasteiger partial charge in [-0.3, -0.25) is 9.78 Å². The van der Waals surface area contributed by atoms with Crippen LogP contribution in [0.1, 0.15) is 10.4 Å². The summed E-state index contributed by atoms with van der Waals surface area (Å²) in [5.74, 6) is 0.383. The summed E-state index contributed by atoms with van der Waals surface area (Å²) in [6.45, 7) is 0. The average molecular weight is 276 g/mol. The summed E-state index contributed by atoms with van der Waals surface area (Å²) >= 11 is 0. The van der Waals surface area contributed by atoms with Crippen molar-refractivity contribution in [1.29, 1.82) is 0 Å². The molecule has 0 radical (unpaired) electrons. The lowest BCUT2D eigenvalue weighted by molar-refractivity contribution is 0.102. The molecule has 0 spiro atoms. The van der Waals surface area contributed by atoms with Gasteiger partial charge in [-0.15, -0.1) is 0 Å². The number of amides is 1. The number of hydrogen-bond donors (Lipinski definition) is 1. The highest BCUT2D eigenvalue weighted by molar-refractivity contribution is 6.03. The molecule has 21 heavy (non-hydrogen) atoms. The molecule has 0 unspecified atom stereocenters. The third kappa shape index (κ3) is 3.09. The highest BCUT2D eigenvalue weighted by Gasteiger charge is 2.07. The van der Waals surface area contributed by atoms with Gasteiger partial charge in [-0.25, -0.2) is 9.97 Å². The van der Waals surface area contributed by atoms with E-state index < -0.39 is 0 Å². The first-order chi connectivity index (χ1) is 10.3. The van der Waals surface area contributed by atoms with Gasteiger partial charge in [0.15, 0.2) is 5.82 Å². The Kier molecular flexibility index (Phi) is 3.64. The standard InChI is InChI=1S/C16H12N4O/c21-16(13-7-4-8-17-9-13)20-14-10-18-15(19-11-14)12-5-2-1-3-6-12/h1-11H,(H,20,21). The first kappa shape index (κ1) is 12.9. The van der Waals surface area contributed by atoms with E-state index in [9.17, 15) is 4.79 Å². The number of pyridine rings is 1. The minimum atomic E-state index is -0.237. The van der Waals surface area contributed by atoms with E-state index in [0.29, 0.717) is 17.1 Å². The van der Waals surface area contributed by atoms with Crippen molar-refractivity contribution in [3.8, 4) is 11.4 Å². The molecule has 1 N–H and O–H groups in total. The van der Waals surface area contributed by atoms with Crippen molar-refractivity contribution >= 4 is 11.6 Å². The van der Waals surface area contributed by atoms with Gasteiger partial charge in [0.1, 0.15) is 0 Å². The van der Waals surface area contributed by atoms with Crippen LogP contribution >= 0.6 is 0 Å². The summed E-state index contributed by atoms with van der Waals surface area (Å²) in [4.78, 5) is 24.4. The van der Waals surface area contributed by atoms with E-state index in [-0.39, 0.29) is 5.91 Å². The van der Waals surface area contributed by atoms with E-state index in [0.717, 1.165) is 5.56 Å². The summed E-state index contributed by atoms with van der Waals surface area (Å²) in [5, 5.41) is 2.73. The van der Waals surface area contributed by atoms with Gasteiger partial charge in [0.2, 0.25) is 0 Å². The molecular weight excluding hydrogens is 264 g/mol. The number of carbonyl (C=O) groups excluding carboxylic acids is 1. The number of anilines is 1. The van der Waals surface area contributed by atoms with Crippen LogP contribution in [0.3, 0.4) is 0 Å². The number of nitrogens with one attached hydrogen (secondary N) is 1. The Bertz CT molecular complexity index is 727. The molecule has 0 bridgehead atoms. The highest BCUT2D eigenvalue weighted by atomic mass is 16.1. The van der Waals surface area contributed by atoms with Crippen LogP contribution in [0.5, 0.6) is 0 Å². The van der Waals surface area contributed by atoms with E-state index in [1.807, 2.05) is 30.3 Å². The van der Waals surface area contributed by atoms with Crippen molar-refractivity contribution < 1.29 is 4.79 Å². The van der Waals surface area contributed by atoms with Gasteiger partial charge in [0.05, 0.1) is 23.6 Å². The molecule has 0 fully saturated rings. The van der Waals surface area contributed by atoms with E-state index in [4.69, 9.17) is 0 Å². The molecule has 0 atom stereocenters. The predicted molar refractivity (Wildman–Crippen MR) is 79.7 cm³/mol. The lowest BCUT2D eigenvalue weighted by atomic mass is 10.2. The molecule has 0 aliphatic rings. The molecule has 2 aromatic heterocycles. The largest absolute Gasteiger partial charge is 0.319 e. The molecule has 1 aromatic carbocycles. The third-order valence-electron chi connectivity index (χ3n) is 2.87. The summed E-state index contributed by atoms with van der Waals surface area (Å²) < 4.78 is 0. The minimum Gasteiger partial charge on any atom is -0.319 e. The average Bonchev–Trinajstić information content (AvgIpc) is 2.57. The summed E-state index contributed by atoms with van der Waals surface area (Å²) in [6, 6.07) is 13.1. The maximum atomic E-state index is 12.0. The van der Waals surface area contributed by atoms with Crippen molar-refractivity contribution in [3.63, 3.8) is 0 Å². The summed E-state index contributed by atoms with van der Waals surface area (Å²) in [7, 11) is 0. The van der Waals surface area contributed by atoms with Crippen LogP contribution in [0, 0.1) is 0 Å². The molecule has 3 rings (SSSR count). The topological polar surface area (TPSA) is 67.8 Å². The molecule has 0 aliphatic heterocycles. The molecular formula is C16H12N4O. The Morgan fingerprint density at radius 1 is 0.905 bits per heavy atom. The zero-order valence-corrected chi connectivity index (χ0v) is 11.1. The Hall–Kier alpha value is -3.08. The zero-order chi connectivity index (χ0) is 14.5. The van der Waals surface area contributed by atoms with Gasteiger partial charge >= 0.3 is 0 Å². The van der Waals surface area contributed by atoms with Crippen LogP contribution < -0.4 is 5.32 Å². The Morgan fingerprint density at radius 3 is 2.33 bits per heavy atom. The van der Waals surface area contributed by atoms with E-state index in [2.05, 4.69) is 20.3 Å². The molecule has 0 saturated heterocycles. The Morgan fingerprint density at radius 2 is 1.67 bits per heavy atom. The van der Waals surface area contributed by atoms with Crippen LogP contribution in [-0.2, 0) is 0 Å². The zero-order valence-electron chi connectivity index (χ0n) is 11.1. The number of aromatic nitrogens is 3. The van der Waals surface area contributed by atoms with Gasteiger partial charge in [-0.2, -0.15) is 0 Å². The Balaban J connectivity index is 1.75. The van der Waals surface area contributed by atoms with Gasteiger partial charge in [0, 0.05) is 18.0 Å². The van der Waals surface area contributed by atoms with E-state index in [1.165, 1.54) is 6.20 Å². The number of rotatable bonds is 3. The van der Waals surface area contributed by atoms with Crippen molar-refractivity contribution in [1.82, 2.24) is 15.0 Å². The monoisotopic (exact) mass is 276 g/mol. The van der Waals surface area contributed by atoms with Crippen LogP contribution in [0.4, 0.5) is 5.69 Å². The lowest BCUT2D eigenvalue weighted by Gasteiger charge is -2.05. The van der Waals surface area contributed by atoms with Crippen LogP contribution in [0.15, 0.2) is 67.3 Å². The Labute approximate surface area is 121 Å². The molecule has 2 heterocycles. The molecule has 5 heteroatoms. The summed E-state index contributed by atoms with van der Waals surface area (Å²) in [6.07, 6.45) is 6.30. The maximum Gasteiger partial charge on any atom is 0.257 e. The van der Waals surface area contributed by atoms with Gasteiger partial charge in [-0.05, 0) is 12.1 Å². The van der Waals surface area contributed by atoms with Gasteiger partial charge in [-0.1, -0.05) is 30.3 Å². The fourth-order valence-electron chi connectivity index (χ4n) is 1.83. The highest BCUT2D eigenvalue weighted by Crippen LogP contribution is 2.15. The maximum absolute atomic E-state index is 12.0. The SMILES string of the molecule is O=C(Nc1cnc(-c2ccccc2)nc1)c1cccnc1. The fourth-order valence-corrected chi connectivity index (χ4v) is 1.83. The van der Waals surface area contributed by atoms with Crippen molar-refractivity contribution in [2.24, 2.45) is 0 Å². The first-order valence-corrected chi connectivity index (χ1v) is 6.42. The van der Waals surface area contributed by atoms with Gasteiger partial charge < -0.3 is 5.32 Å². The van der Waals surface area contributed by atoms with Crippen molar-refractivity contribution in [2.75, 3.05) is 5.32 Å². The molecule has 102 valence electrons. The number of benzene rings is 1. The molecule has 5 nitrogen and oxygen atoms in total. The molecule has 0 aliphatic carbocycles. The van der Waals surface area contributed by atoms with E-state index in [1.54, 1.807) is 30.7 Å². The first-order valence-electron chi connectivity index (χ1n) is 6.42. The lowest BCUT2D eigenvalue weighted by Crippen LogP contribution is -2.12. The van der Waals surface area contributed by atoms with Gasteiger partial charge in [0.25, 0.3) is 5.91 Å². The van der Waals surface area contributed by atoms with Crippen molar-refractivity contribution in [2.45, 2.75) is 0 Å².